The molecule has 3 N–H and O–H groups in total. The molecular weight excluding hydrogens is 643 g/mol. The van der Waals surface area contributed by atoms with Crippen molar-refractivity contribution in [3.63, 3.8) is 0 Å². The minimum atomic E-state index is -1.02. The molecule has 3 aromatic rings. The Bertz CT molecular complexity index is 1670. The Kier molecular flexibility index (Phi) is 9.55. The second-order valence-corrected chi connectivity index (χ2v) is 13.8. The molecule has 9 heteroatoms. The zero-order valence-electron chi connectivity index (χ0n) is 26.4. The maximum absolute atomic E-state index is 14.2. The number of benzene rings is 3. The van der Waals surface area contributed by atoms with Crippen molar-refractivity contribution in [1.29, 1.82) is 0 Å². The number of carbonyl (C=O) groups excluding carboxylic acids is 2. The van der Waals surface area contributed by atoms with Gasteiger partial charge in [-0.25, -0.2) is 0 Å². The summed E-state index contributed by atoms with van der Waals surface area (Å²) in [6, 6.07) is 22.6. The lowest BCUT2D eigenvalue weighted by Gasteiger charge is -2.44. The Labute approximate surface area is 279 Å². The van der Waals surface area contributed by atoms with Crippen molar-refractivity contribution in [2.75, 3.05) is 10.2 Å². The average Bonchev–Trinajstić information content (AvgIpc) is 3.30. The summed E-state index contributed by atoms with van der Waals surface area (Å²) in [6.45, 7) is 6.35. The van der Waals surface area contributed by atoms with Crippen LogP contribution >= 0.6 is 15.9 Å². The summed E-state index contributed by atoms with van der Waals surface area (Å²) < 4.78 is 7.10. The van der Waals surface area contributed by atoms with E-state index in [9.17, 15) is 19.7 Å². The third-order valence-corrected chi connectivity index (χ3v) is 10.2. The fraction of sp³-hybridized carbons (Fsp3) is 0.351. The standard InChI is InChI=1S/C37H40BBrN2O5/c1-4-23(18-24-19-25(39)11-16-32(24)42)10-17-33-34-29(22(2)3)20-30-35(31(34)21-38(45)46-33)37(44)41(36(30)43)28-14-12-27(13-15-28)40-26-8-6-5-7-9-26/h5-9,11-16,18-19,22,30-31,33,35,40,42,45H,4,10,17,20-21H2,1-3H3/b23-18+/t30-,31+,33-,35-/m1/s1. The molecule has 0 radical (unpaired) electrons. The molecular formula is C37H40BBrN2O5. The minimum Gasteiger partial charge on any atom is -0.507 e. The van der Waals surface area contributed by atoms with Crippen LogP contribution in [0.2, 0.25) is 6.32 Å². The van der Waals surface area contributed by atoms with Gasteiger partial charge in [0.2, 0.25) is 11.8 Å². The van der Waals surface area contributed by atoms with Crippen molar-refractivity contribution in [3.05, 3.63) is 99.6 Å². The van der Waals surface area contributed by atoms with Crippen LogP contribution in [-0.2, 0) is 14.2 Å². The highest BCUT2D eigenvalue weighted by Gasteiger charge is 2.57. The lowest BCUT2D eigenvalue weighted by Crippen LogP contribution is -2.46. The molecule has 0 spiro atoms. The molecule has 3 aromatic carbocycles. The van der Waals surface area contributed by atoms with Gasteiger partial charge in [-0.05, 0) is 104 Å². The number of amides is 2. The summed E-state index contributed by atoms with van der Waals surface area (Å²) in [7, 11) is -1.02. The molecule has 0 aromatic heterocycles. The molecule has 6 rings (SSSR count). The van der Waals surface area contributed by atoms with Crippen LogP contribution in [-0.4, -0.2) is 35.2 Å². The summed E-state index contributed by atoms with van der Waals surface area (Å²) in [6.07, 6.45) is 4.60. The average molecular weight is 683 g/mol. The number of halogens is 1. The van der Waals surface area contributed by atoms with Crippen molar-refractivity contribution in [2.45, 2.75) is 58.9 Å². The van der Waals surface area contributed by atoms with Crippen LogP contribution in [0, 0.1) is 23.7 Å². The first-order chi connectivity index (χ1) is 22.1. The predicted molar refractivity (Wildman–Crippen MR) is 187 cm³/mol. The molecule has 2 amide bonds. The number of phenols is 1. The molecule has 2 saturated heterocycles. The van der Waals surface area contributed by atoms with Gasteiger partial charge in [-0.3, -0.25) is 14.5 Å². The van der Waals surface area contributed by atoms with Crippen LogP contribution in [0.15, 0.2) is 94.0 Å². The molecule has 0 saturated carbocycles. The van der Waals surface area contributed by atoms with Crippen molar-refractivity contribution in [3.8, 4) is 5.75 Å². The third kappa shape index (κ3) is 6.46. The highest BCUT2D eigenvalue weighted by molar-refractivity contribution is 9.10. The first-order valence-electron chi connectivity index (χ1n) is 16.2. The molecule has 2 fully saturated rings. The molecule has 2 heterocycles. The van der Waals surface area contributed by atoms with Crippen LogP contribution < -0.4 is 10.2 Å². The lowest BCUT2D eigenvalue weighted by atomic mass is 9.57. The SMILES string of the molecule is CC/C(=C\c1cc(Br)ccc1O)CC[C@H]1OB(O)C[C@H]2C1=C(C(C)C)C[C@H]1C(=O)N(c3ccc(Nc4ccccc4)cc3)C(=O)[C@H]12. The number of phenolic OH excluding ortho intramolecular Hbond substituents is 1. The second-order valence-electron chi connectivity index (χ2n) is 12.8. The molecule has 238 valence electrons. The first-order valence-corrected chi connectivity index (χ1v) is 17.0. The molecule has 2 aliphatic heterocycles. The smallest absolute Gasteiger partial charge is 0.455 e. The number of hydrogen-bond acceptors (Lipinski definition) is 6. The number of carbonyl (C=O) groups is 2. The van der Waals surface area contributed by atoms with Gasteiger partial charge in [0.05, 0.1) is 23.6 Å². The zero-order valence-corrected chi connectivity index (χ0v) is 28.0. The minimum absolute atomic E-state index is 0.167. The summed E-state index contributed by atoms with van der Waals surface area (Å²) in [5.74, 6) is -1.24. The number of para-hydroxylation sites is 1. The van der Waals surface area contributed by atoms with Gasteiger partial charge in [-0.15, -0.1) is 0 Å². The molecule has 4 atom stereocenters. The Morgan fingerprint density at radius 2 is 1.76 bits per heavy atom. The molecule has 3 aliphatic rings. The third-order valence-electron chi connectivity index (χ3n) is 9.66. The largest absolute Gasteiger partial charge is 0.507 e. The fourth-order valence-corrected chi connectivity index (χ4v) is 7.79. The predicted octanol–water partition coefficient (Wildman–Crippen LogP) is 8.13. The number of nitrogens with one attached hydrogen (secondary N) is 1. The highest BCUT2D eigenvalue weighted by Crippen LogP contribution is 2.52. The van der Waals surface area contributed by atoms with E-state index >= 15 is 0 Å². The Morgan fingerprint density at radius 1 is 1.04 bits per heavy atom. The number of nitrogens with zero attached hydrogens (tertiary/aromatic N) is 1. The highest BCUT2D eigenvalue weighted by atomic mass is 79.9. The van der Waals surface area contributed by atoms with Gasteiger partial charge in [0.15, 0.2) is 0 Å². The van der Waals surface area contributed by atoms with Gasteiger partial charge in [0, 0.05) is 21.4 Å². The normalized spacial score (nSPS) is 23.2. The van der Waals surface area contributed by atoms with E-state index in [0.29, 0.717) is 31.3 Å². The van der Waals surface area contributed by atoms with Crippen LogP contribution in [0.4, 0.5) is 17.1 Å². The number of allylic oxidation sites excluding steroid dienone is 2. The summed E-state index contributed by atoms with van der Waals surface area (Å²) in [5.41, 5.74) is 6.53. The van der Waals surface area contributed by atoms with Crippen LogP contribution in [0.25, 0.3) is 6.08 Å². The van der Waals surface area contributed by atoms with E-state index in [0.717, 1.165) is 39.0 Å². The van der Waals surface area contributed by atoms with Crippen LogP contribution in [0.1, 0.15) is 52.0 Å². The van der Waals surface area contributed by atoms with E-state index in [1.807, 2.05) is 66.7 Å². The van der Waals surface area contributed by atoms with E-state index in [2.05, 4.69) is 42.0 Å². The number of anilines is 3. The number of rotatable bonds is 9. The monoisotopic (exact) mass is 682 g/mol. The van der Waals surface area contributed by atoms with Crippen molar-refractivity contribution in [2.24, 2.45) is 23.7 Å². The fourth-order valence-electron chi connectivity index (χ4n) is 7.41. The molecule has 0 unspecified atom stereocenters. The van der Waals surface area contributed by atoms with Gasteiger partial charge in [0.25, 0.3) is 0 Å². The van der Waals surface area contributed by atoms with E-state index in [4.69, 9.17) is 4.65 Å². The topological polar surface area (TPSA) is 99.1 Å². The first kappa shape index (κ1) is 32.3. The van der Waals surface area contributed by atoms with Gasteiger partial charge >= 0.3 is 7.12 Å². The van der Waals surface area contributed by atoms with Crippen molar-refractivity contribution in [1.82, 2.24) is 0 Å². The number of imide groups is 1. The number of aromatic hydroxyl groups is 1. The summed E-state index contributed by atoms with van der Waals surface area (Å²) >= 11 is 3.49. The van der Waals surface area contributed by atoms with Crippen LogP contribution in [0.3, 0.4) is 0 Å². The van der Waals surface area contributed by atoms with Gasteiger partial charge in [-0.1, -0.05) is 72.1 Å². The van der Waals surface area contributed by atoms with Crippen molar-refractivity contribution >= 4 is 58.0 Å². The van der Waals surface area contributed by atoms with Gasteiger partial charge < -0.3 is 20.1 Å². The number of fused-ring (bicyclic) bond motifs is 3. The van der Waals surface area contributed by atoms with Gasteiger partial charge in [0.1, 0.15) is 5.75 Å². The Hall–Kier alpha value is -3.66. The Morgan fingerprint density at radius 3 is 2.46 bits per heavy atom. The maximum Gasteiger partial charge on any atom is 0.455 e. The van der Waals surface area contributed by atoms with E-state index < -0.39 is 19.0 Å². The quantitative estimate of drug-likeness (QED) is 0.120. The maximum atomic E-state index is 14.2. The molecule has 1 aliphatic carbocycles. The molecule has 7 nitrogen and oxygen atoms in total. The van der Waals surface area contributed by atoms with Crippen LogP contribution in [0.5, 0.6) is 5.75 Å². The van der Waals surface area contributed by atoms with Gasteiger partial charge in [-0.2, -0.15) is 0 Å². The zero-order chi connectivity index (χ0) is 32.5. The Balaban J connectivity index is 1.25. The molecule has 46 heavy (non-hydrogen) atoms. The number of hydrogen-bond donors (Lipinski definition) is 3. The second kappa shape index (κ2) is 13.6. The van der Waals surface area contributed by atoms with E-state index in [-0.39, 0.29) is 35.5 Å². The lowest BCUT2D eigenvalue weighted by molar-refractivity contribution is -0.122. The molecule has 0 bridgehead atoms. The van der Waals surface area contributed by atoms with E-state index in [1.54, 1.807) is 12.1 Å². The summed E-state index contributed by atoms with van der Waals surface area (Å²) in [4.78, 5) is 29.5. The summed E-state index contributed by atoms with van der Waals surface area (Å²) in [5, 5.41) is 24.7. The van der Waals surface area contributed by atoms with E-state index in [1.165, 1.54) is 10.5 Å². The van der Waals surface area contributed by atoms with Crippen molar-refractivity contribution < 1.29 is 24.4 Å².